The van der Waals surface area contributed by atoms with Gasteiger partial charge in [-0.05, 0) is 56.5 Å². The normalized spacial score (nSPS) is 15.7. The zero-order valence-electron chi connectivity index (χ0n) is 18.5. The van der Waals surface area contributed by atoms with E-state index < -0.39 is 6.04 Å². The molecule has 168 valence electrons. The molecule has 7 heteroatoms. The quantitative estimate of drug-likeness (QED) is 0.510. The lowest BCUT2D eigenvalue weighted by molar-refractivity contribution is -0.151. The Bertz CT molecular complexity index is 1120. The molecule has 1 atom stereocenters. The summed E-state index contributed by atoms with van der Waals surface area (Å²) in [6.45, 7) is 5.24. The number of amides is 1. The van der Waals surface area contributed by atoms with Crippen molar-refractivity contribution < 1.29 is 14.3 Å². The highest BCUT2D eigenvalue weighted by Crippen LogP contribution is 2.27. The summed E-state index contributed by atoms with van der Waals surface area (Å²) in [5.41, 5.74) is 2.85. The molecule has 0 aliphatic carbocycles. The van der Waals surface area contributed by atoms with Crippen LogP contribution in [0.3, 0.4) is 0 Å². The molecule has 0 spiro atoms. The van der Waals surface area contributed by atoms with Crippen molar-refractivity contribution in [2.24, 2.45) is 5.92 Å². The van der Waals surface area contributed by atoms with Gasteiger partial charge in [0.15, 0.2) is 0 Å². The zero-order chi connectivity index (χ0) is 22.7. The van der Waals surface area contributed by atoms with Crippen molar-refractivity contribution in [1.82, 2.24) is 14.5 Å². The van der Waals surface area contributed by atoms with Crippen LogP contribution in [0, 0.1) is 5.92 Å². The van der Waals surface area contributed by atoms with E-state index in [4.69, 9.17) is 21.3 Å². The van der Waals surface area contributed by atoms with Gasteiger partial charge in [-0.3, -0.25) is 9.59 Å². The molecule has 0 N–H and O–H groups in total. The largest absolute Gasteiger partial charge is 0.466 e. The van der Waals surface area contributed by atoms with Gasteiger partial charge in [-0.15, -0.1) is 0 Å². The summed E-state index contributed by atoms with van der Waals surface area (Å²) < 4.78 is 7.19. The molecular weight excluding hydrogens is 426 g/mol. The number of fused-ring (bicyclic) bond motifs is 1. The molecule has 4 rings (SSSR count). The fraction of sp³-hybridized carbons (Fsp3) is 0.400. The predicted molar refractivity (Wildman–Crippen MR) is 125 cm³/mol. The summed E-state index contributed by atoms with van der Waals surface area (Å²) in [5, 5.41) is 0.679. The molecule has 0 radical (unpaired) electrons. The van der Waals surface area contributed by atoms with Crippen molar-refractivity contribution in [2.75, 3.05) is 19.7 Å². The first-order chi connectivity index (χ1) is 15.5. The second-order valence-corrected chi connectivity index (χ2v) is 8.66. The fourth-order valence-electron chi connectivity index (χ4n) is 4.45. The highest BCUT2D eigenvalue weighted by atomic mass is 35.5. The fourth-order valence-corrected chi connectivity index (χ4v) is 4.66. The van der Waals surface area contributed by atoms with E-state index in [9.17, 15) is 9.59 Å². The van der Waals surface area contributed by atoms with Crippen LogP contribution in [0.15, 0.2) is 48.5 Å². The molecule has 0 saturated carbocycles. The number of benzene rings is 2. The molecule has 3 aromatic rings. The van der Waals surface area contributed by atoms with Gasteiger partial charge in [0.25, 0.3) is 0 Å². The van der Waals surface area contributed by atoms with Crippen LogP contribution in [0.2, 0.25) is 5.02 Å². The number of hydrogen-bond donors (Lipinski definition) is 0. The Hall–Kier alpha value is -2.86. The van der Waals surface area contributed by atoms with Crippen molar-refractivity contribution in [1.29, 1.82) is 0 Å². The molecule has 2 aromatic carbocycles. The maximum atomic E-state index is 13.4. The van der Waals surface area contributed by atoms with Gasteiger partial charge in [0, 0.05) is 24.5 Å². The SMILES string of the molecule is CCOC(=O)C1CCN(C(=O)C(C)n2c(Cc3cccc(Cl)c3)nc3ccccc32)CC1. The molecule has 32 heavy (non-hydrogen) atoms. The number of para-hydroxylation sites is 2. The van der Waals surface area contributed by atoms with Gasteiger partial charge in [-0.25, -0.2) is 4.98 Å². The lowest BCUT2D eigenvalue weighted by atomic mass is 9.96. The van der Waals surface area contributed by atoms with Crippen LogP contribution in [0.1, 0.15) is 44.1 Å². The summed E-state index contributed by atoms with van der Waals surface area (Å²) in [6, 6.07) is 15.2. The summed E-state index contributed by atoms with van der Waals surface area (Å²) in [4.78, 5) is 32.2. The molecule has 1 saturated heterocycles. The number of hydrogen-bond acceptors (Lipinski definition) is 4. The number of imidazole rings is 1. The van der Waals surface area contributed by atoms with Gasteiger partial charge < -0.3 is 14.2 Å². The van der Waals surface area contributed by atoms with Crippen LogP contribution in [-0.2, 0) is 20.7 Å². The Morgan fingerprint density at radius 3 is 2.62 bits per heavy atom. The van der Waals surface area contributed by atoms with E-state index in [1.807, 2.05) is 71.8 Å². The monoisotopic (exact) mass is 453 g/mol. The van der Waals surface area contributed by atoms with Crippen molar-refractivity contribution in [3.05, 3.63) is 64.9 Å². The van der Waals surface area contributed by atoms with E-state index in [1.54, 1.807) is 0 Å². The van der Waals surface area contributed by atoms with Gasteiger partial charge >= 0.3 is 5.97 Å². The Balaban J connectivity index is 1.57. The summed E-state index contributed by atoms with van der Waals surface area (Å²) in [5.74, 6) is 0.595. The van der Waals surface area contributed by atoms with Crippen molar-refractivity contribution in [3.63, 3.8) is 0 Å². The molecule has 1 aliphatic heterocycles. The van der Waals surface area contributed by atoms with Crippen LogP contribution >= 0.6 is 11.6 Å². The first kappa shape index (κ1) is 22.3. The average molecular weight is 454 g/mol. The molecule has 6 nitrogen and oxygen atoms in total. The number of carbonyl (C=O) groups is 2. The van der Waals surface area contributed by atoms with E-state index in [1.165, 1.54) is 0 Å². The Morgan fingerprint density at radius 1 is 1.16 bits per heavy atom. The Labute approximate surface area is 193 Å². The lowest BCUT2D eigenvalue weighted by Crippen LogP contribution is -2.43. The predicted octanol–water partition coefficient (Wildman–Crippen LogP) is 4.64. The standard InChI is InChI=1S/C25H28ClN3O3/c1-3-32-25(31)19-11-13-28(14-12-19)24(30)17(2)29-22-10-5-4-9-21(22)27-23(29)16-18-7-6-8-20(26)15-18/h4-10,15,17,19H,3,11-14,16H2,1-2H3. The third-order valence-electron chi connectivity index (χ3n) is 6.09. The van der Waals surface area contributed by atoms with Gasteiger partial charge in [-0.1, -0.05) is 35.9 Å². The molecule has 0 bridgehead atoms. The van der Waals surface area contributed by atoms with Crippen LogP contribution in [0.25, 0.3) is 11.0 Å². The molecule has 2 heterocycles. The second kappa shape index (κ2) is 9.74. The van der Waals surface area contributed by atoms with Gasteiger partial charge in [-0.2, -0.15) is 0 Å². The van der Waals surface area contributed by atoms with Crippen molar-refractivity contribution >= 4 is 34.5 Å². The molecule has 1 unspecified atom stereocenters. The minimum Gasteiger partial charge on any atom is -0.466 e. The maximum absolute atomic E-state index is 13.4. The lowest BCUT2D eigenvalue weighted by Gasteiger charge is -2.33. The van der Waals surface area contributed by atoms with Crippen LogP contribution in [-0.4, -0.2) is 46.0 Å². The van der Waals surface area contributed by atoms with Crippen LogP contribution in [0.4, 0.5) is 0 Å². The van der Waals surface area contributed by atoms with E-state index in [0.717, 1.165) is 22.4 Å². The van der Waals surface area contributed by atoms with E-state index in [2.05, 4.69) is 0 Å². The van der Waals surface area contributed by atoms with Crippen LogP contribution in [0.5, 0.6) is 0 Å². The summed E-state index contributed by atoms with van der Waals surface area (Å²) >= 11 is 6.18. The number of aromatic nitrogens is 2. The number of likely N-dealkylation sites (tertiary alicyclic amines) is 1. The van der Waals surface area contributed by atoms with E-state index in [0.29, 0.717) is 44.0 Å². The number of esters is 1. The van der Waals surface area contributed by atoms with Crippen molar-refractivity contribution in [3.8, 4) is 0 Å². The second-order valence-electron chi connectivity index (χ2n) is 8.22. The smallest absolute Gasteiger partial charge is 0.309 e. The number of nitrogens with zero attached hydrogens (tertiary/aromatic N) is 3. The number of ether oxygens (including phenoxy) is 1. The number of rotatable bonds is 6. The first-order valence-electron chi connectivity index (χ1n) is 11.1. The molecule has 1 aromatic heterocycles. The first-order valence-corrected chi connectivity index (χ1v) is 11.5. The van der Waals surface area contributed by atoms with E-state index >= 15 is 0 Å². The molecule has 1 amide bonds. The minimum atomic E-state index is -0.407. The summed E-state index contributed by atoms with van der Waals surface area (Å²) in [7, 11) is 0. The number of carbonyl (C=O) groups excluding carboxylic acids is 2. The third-order valence-corrected chi connectivity index (χ3v) is 6.33. The molecule has 1 fully saturated rings. The Morgan fingerprint density at radius 2 is 1.91 bits per heavy atom. The van der Waals surface area contributed by atoms with Crippen LogP contribution < -0.4 is 0 Å². The molecule has 1 aliphatic rings. The third kappa shape index (κ3) is 4.65. The van der Waals surface area contributed by atoms with Gasteiger partial charge in [0.1, 0.15) is 11.9 Å². The van der Waals surface area contributed by atoms with Crippen molar-refractivity contribution in [2.45, 2.75) is 39.2 Å². The van der Waals surface area contributed by atoms with Gasteiger partial charge in [0.2, 0.25) is 5.91 Å². The number of halogens is 1. The summed E-state index contributed by atoms with van der Waals surface area (Å²) in [6.07, 6.45) is 1.85. The maximum Gasteiger partial charge on any atom is 0.309 e. The van der Waals surface area contributed by atoms with E-state index in [-0.39, 0.29) is 17.8 Å². The topological polar surface area (TPSA) is 64.4 Å². The number of piperidine rings is 1. The highest BCUT2D eigenvalue weighted by molar-refractivity contribution is 6.30. The minimum absolute atomic E-state index is 0.0443. The molecular formula is C25H28ClN3O3. The Kier molecular flexibility index (Phi) is 6.80. The average Bonchev–Trinajstić information content (AvgIpc) is 3.16. The van der Waals surface area contributed by atoms with Gasteiger partial charge in [0.05, 0.1) is 23.6 Å². The zero-order valence-corrected chi connectivity index (χ0v) is 19.2. The highest BCUT2D eigenvalue weighted by Gasteiger charge is 2.31.